The van der Waals surface area contributed by atoms with Gasteiger partial charge in [0.2, 0.25) is 0 Å². The average Bonchev–Trinajstić information content (AvgIpc) is 3.23. The maximum absolute atomic E-state index is 13.2. The Morgan fingerprint density at radius 2 is 1.88 bits per heavy atom. The van der Waals surface area contributed by atoms with E-state index in [0.717, 1.165) is 10.4 Å². The van der Waals surface area contributed by atoms with Crippen LogP contribution in [0.4, 0.5) is 4.79 Å². The van der Waals surface area contributed by atoms with Crippen molar-refractivity contribution >= 4 is 39.2 Å². The number of fused-ring (bicyclic) bond motifs is 1. The maximum Gasteiger partial charge on any atom is 0.405 e. The number of hydrogen-bond donors (Lipinski definition) is 1. The number of methoxy groups -OCH3 is 1. The van der Waals surface area contributed by atoms with Crippen LogP contribution >= 0.6 is 22.9 Å². The molecule has 0 radical (unpaired) electrons. The molecule has 0 saturated carbocycles. The highest BCUT2D eigenvalue weighted by molar-refractivity contribution is 7.22. The lowest BCUT2D eigenvalue weighted by Crippen LogP contribution is -2.36. The number of ether oxygens (including phenoxy) is 3. The van der Waals surface area contributed by atoms with E-state index in [0.29, 0.717) is 32.4 Å². The van der Waals surface area contributed by atoms with Crippen LogP contribution in [-0.2, 0) is 4.74 Å². The smallest absolute Gasteiger partial charge is 0.405 e. The van der Waals surface area contributed by atoms with Crippen molar-refractivity contribution in [2.24, 2.45) is 5.73 Å². The van der Waals surface area contributed by atoms with Gasteiger partial charge >= 0.3 is 6.09 Å². The first-order valence-electron chi connectivity index (χ1n) is 10.1. The molecular formula is C23H21ClN4O5S. The van der Waals surface area contributed by atoms with Crippen molar-refractivity contribution in [3.8, 4) is 27.6 Å². The highest BCUT2D eigenvalue weighted by Gasteiger charge is 2.24. The fraction of sp³-hybridized carbons (Fsp3) is 0.217. The van der Waals surface area contributed by atoms with Crippen LogP contribution < -0.4 is 20.8 Å². The Bertz CT molecular complexity index is 1420. The van der Waals surface area contributed by atoms with E-state index in [4.69, 9.17) is 31.5 Å². The van der Waals surface area contributed by atoms with E-state index in [2.05, 4.69) is 10.3 Å². The van der Waals surface area contributed by atoms with Gasteiger partial charge in [-0.2, -0.15) is 4.68 Å². The van der Waals surface area contributed by atoms with Gasteiger partial charge in [0.1, 0.15) is 22.4 Å². The van der Waals surface area contributed by atoms with Gasteiger partial charge in [-0.25, -0.2) is 4.79 Å². The number of hydrogen-bond acceptors (Lipinski definition) is 8. The molecule has 0 aliphatic heterocycles. The number of nitrogens with two attached hydrogens (primary N) is 1. The largest absolute Gasteiger partial charge is 0.493 e. The van der Waals surface area contributed by atoms with Crippen LogP contribution in [0.25, 0.3) is 26.3 Å². The molecule has 0 spiro atoms. The van der Waals surface area contributed by atoms with Crippen LogP contribution in [0.2, 0.25) is 5.02 Å². The zero-order valence-electron chi connectivity index (χ0n) is 18.6. The molecule has 0 atom stereocenters. The van der Waals surface area contributed by atoms with Crippen molar-refractivity contribution < 1.29 is 19.0 Å². The van der Waals surface area contributed by atoms with Gasteiger partial charge in [-0.05, 0) is 49.7 Å². The van der Waals surface area contributed by atoms with Gasteiger partial charge in [-0.1, -0.05) is 28.9 Å². The first-order valence-corrected chi connectivity index (χ1v) is 11.3. The first kappa shape index (κ1) is 23.5. The lowest BCUT2D eigenvalue weighted by molar-refractivity contribution is 0.00868. The first-order chi connectivity index (χ1) is 16.2. The summed E-state index contributed by atoms with van der Waals surface area (Å²) in [6.07, 6.45) is -0.892. The van der Waals surface area contributed by atoms with Gasteiger partial charge in [0.25, 0.3) is 5.56 Å². The van der Waals surface area contributed by atoms with E-state index in [-0.39, 0.29) is 12.2 Å². The van der Waals surface area contributed by atoms with Crippen molar-refractivity contribution in [2.45, 2.75) is 19.4 Å². The van der Waals surface area contributed by atoms with Crippen LogP contribution in [0, 0.1) is 0 Å². The van der Waals surface area contributed by atoms with Gasteiger partial charge in [0.05, 0.1) is 12.8 Å². The van der Waals surface area contributed by atoms with E-state index in [1.807, 2.05) is 18.2 Å². The fourth-order valence-corrected chi connectivity index (χ4v) is 4.37. The Morgan fingerprint density at radius 3 is 2.56 bits per heavy atom. The number of rotatable bonds is 7. The third kappa shape index (κ3) is 4.97. The molecule has 0 unspecified atom stereocenters. The molecule has 2 N–H and O–H groups in total. The third-order valence-electron chi connectivity index (χ3n) is 4.81. The SMILES string of the molecule is COc1cc(-n2nnc3cc(-c4ccc(Cl)cc4)sc3c2=O)ccc1OCC(C)(C)OC(N)=O. The van der Waals surface area contributed by atoms with Gasteiger partial charge < -0.3 is 19.9 Å². The van der Waals surface area contributed by atoms with Gasteiger partial charge in [0, 0.05) is 16.0 Å². The third-order valence-corrected chi connectivity index (χ3v) is 6.23. The lowest BCUT2D eigenvalue weighted by atomic mass is 10.1. The molecule has 176 valence electrons. The predicted molar refractivity (Wildman–Crippen MR) is 130 cm³/mol. The standard InChI is InChI=1S/C23H21ClN4O5S/c1-23(2,33-22(25)30)12-32-17-9-8-15(10-18(17)31-3)28-21(29)20-16(26-27-28)11-19(34-20)13-4-6-14(24)7-5-13/h4-11H,12H2,1-3H3,(H2,25,30). The number of nitrogens with zero attached hydrogens (tertiary/aromatic N) is 3. The highest BCUT2D eigenvalue weighted by atomic mass is 35.5. The molecule has 2 heterocycles. The fourth-order valence-electron chi connectivity index (χ4n) is 3.22. The van der Waals surface area contributed by atoms with Crippen molar-refractivity contribution in [1.82, 2.24) is 15.0 Å². The summed E-state index contributed by atoms with van der Waals surface area (Å²) in [5.41, 5.74) is 5.75. The second-order valence-electron chi connectivity index (χ2n) is 7.94. The monoisotopic (exact) mass is 500 g/mol. The van der Waals surface area contributed by atoms with Gasteiger partial charge in [0.15, 0.2) is 11.5 Å². The molecule has 11 heteroatoms. The second-order valence-corrected chi connectivity index (χ2v) is 9.43. The Labute approximate surface area is 203 Å². The van der Waals surface area contributed by atoms with E-state index >= 15 is 0 Å². The zero-order chi connectivity index (χ0) is 24.5. The molecule has 4 aromatic rings. The molecule has 1 amide bonds. The van der Waals surface area contributed by atoms with Crippen molar-refractivity contribution in [2.75, 3.05) is 13.7 Å². The summed E-state index contributed by atoms with van der Waals surface area (Å²) in [5.74, 6) is 0.768. The van der Waals surface area contributed by atoms with Crippen LogP contribution in [0.15, 0.2) is 53.3 Å². The molecule has 2 aromatic heterocycles. The number of halogens is 1. The molecule has 0 fully saturated rings. The predicted octanol–water partition coefficient (Wildman–Crippen LogP) is 4.42. The summed E-state index contributed by atoms with van der Waals surface area (Å²) in [5, 5.41) is 8.95. The molecule has 4 rings (SSSR count). The second kappa shape index (κ2) is 9.32. The number of thiophene rings is 1. The van der Waals surface area contributed by atoms with Crippen molar-refractivity contribution in [1.29, 1.82) is 0 Å². The normalized spacial score (nSPS) is 11.4. The van der Waals surface area contributed by atoms with Gasteiger partial charge in [-0.3, -0.25) is 4.79 Å². The van der Waals surface area contributed by atoms with E-state index in [9.17, 15) is 9.59 Å². The minimum absolute atomic E-state index is 0.0417. The number of amides is 1. The van der Waals surface area contributed by atoms with Crippen LogP contribution in [-0.4, -0.2) is 40.4 Å². The number of carbonyl (C=O) groups is 1. The molecule has 2 aromatic carbocycles. The summed E-state index contributed by atoms with van der Waals surface area (Å²) >= 11 is 7.31. The minimum atomic E-state index is -0.941. The Morgan fingerprint density at radius 1 is 1.15 bits per heavy atom. The minimum Gasteiger partial charge on any atom is -0.493 e. The summed E-state index contributed by atoms with van der Waals surface area (Å²) in [7, 11) is 1.48. The molecule has 34 heavy (non-hydrogen) atoms. The summed E-state index contributed by atoms with van der Waals surface area (Å²) in [6.45, 7) is 3.38. The summed E-state index contributed by atoms with van der Waals surface area (Å²) in [6, 6.07) is 14.1. The molecule has 0 aliphatic rings. The average molecular weight is 501 g/mol. The molecule has 0 bridgehead atoms. The zero-order valence-corrected chi connectivity index (χ0v) is 20.1. The Hall–Kier alpha value is -3.63. The number of primary amides is 1. The van der Waals surface area contributed by atoms with Crippen LogP contribution in [0.1, 0.15) is 13.8 Å². The summed E-state index contributed by atoms with van der Waals surface area (Å²) < 4.78 is 17.9. The van der Waals surface area contributed by atoms with Crippen molar-refractivity contribution in [3.05, 3.63) is 63.9 Å². The van der Waals surface area contributed by atoms with E-state index in [1.54, 1.807) is 44.2 Å². The topological polar surface area (TPSA) is 119 Å². The summed E-state index contributed by atoms with van der Waals surface area (Å²) in [4.78, 5) is 25.1. The molecule has 9 nitrogen and oxygen atoms in total. The Kier molecular flexibility index (Phi) is 6.45. The van der Waals surface area contributed by atoms with Crippen LogP contribution in [0.5, 0.6) is 11.5 Å². The molecular weight excluding hydrogens is 480 g/mol. The number of carbonyl (C=O) groups excluding carboxylic acids is 1. The molecule has 0 saturated heterocycles. The van der Waals surface area contributed by atoms with Gasteiger partial charge in [-0.15, -0.1) is 16.4 Å². The Balaban J connectivity index is 1.64. The lowest BCUT2D eigenvalue weighted by Gasteiger charge is -2.24. The molecule has 0 aliphatic carbocycles. The highest BCUT2D eigenvalue weighted by Crippen LogP contribution is 2.33. The van der Waals surface area contributed by atoms with E-state index < -0.39 is 11.7 Å². The van der Waals surface area contributed by atoms with E-state index in [1.165, 1.54) is 23.1 Å². The quantitative estimate of drug-likeness (QED) is 0.399. The van der Waals surface area contributed by atoms with Crippen LogP contribution in [0.3, 0.4) is 0 Å². The maximum atomic E-state index is 13.2. The number of benzene rings is 2. The van der Waals surface area contributed by atoms with Crippen molar-refractivity contribution in [3.63, 3.8) is 0 Å². The number of aromatic nitrogens is 3.